The Balaban J connectivity index is 2.31. The van der Waals surface area contributed by atoms with Gasteiger partial charge in [0.15, 0.2) is 0 Å². The summed E-state index contributed by atoms with van der Waals surface area (Å²) < 4.78 is 51.2. The lowest BCUT2D eigenvalue weighted by Crippen LogP contribution is -2.44. The van der Waals surface area contributed by atoms with Crippen LogP contribution in [0.15, 0.2) is 33.9 Å². The maximum absolute atomic E-state index is 13.2. The quantitative estimate of drug-likeness (QED) is 0.833. The third-order valence-corrected chi connectivity index (χ3v) is 3.42. The van der Waals surface area contributed by atoms with Crippen LogP contribution in [0.2, 0.25) is 0 Å². The molecule has 0 saturated heterocycles. The minimum Gasteiger partial charge on any atom is -0.349 e. The smallest absolute Gasteiger partial charge is 0.349 e. The van der Waals surface area contributed by atoms with Crippen LogP contribution in [0.4, 0.5) is 23.5 Å². The van der Waals surface area contributed by atoms with E-state index in [0.29, 0.717) is 12.5 Å². The molecule has 0 radical (unpaired) electrons. The van der Waals surface area contributed by atoms with Crippen molar-refractivity contribution < 1.29 is 17.6 Å². The molecule has 0 spiro atoms. The van der Waals surface area contributed by atoms with E-state index in [4.69, 9.17) is 0 Å². The lowest BCUT2D eigenvalue weighted by atomic mass is 10.1. The normalized spacial score (nSPS) is 14.2. The first-order valence-electron chi connectivity index (χ1n) is 6.91. The average molecular weight is 346 g/mol. The average Bonchev–Trinajstić information content (AvgIpc) is 2.45. The van der Waals surface area contributed by atoms with Crippen molar-refractivity contribution >= 4 is 5.95 Å². The van der Waals surface area contributed by atoms with Crippen molar-refractivity contribution in [3.05, 3.63) is 56.6 Å². The molecule has 6 nitrogen and oxygen atoms in total. The number of alkyl halides is 3. The number of rotatable bonds is 4. The number of halogens is 4. The van der Waals surface area contributed by atoms with E-state index in [2.05, 4.69) is 15.3 Å². The van der Waals surface area contributed by atoms with Gasteiger partial charge >= 0.3 is 17.6 Å². The summed E-state index contributed by atoms with van der Waals surface area (Å²) in [5, 5.41) is 2.64. The molecule has 0 amide bonds. The number of hydrogen-bond donors (Lipinski definition) is 2. The van der Waals surface area contributed by atoms with Gasteiger partial charge in [0.25, 0.3) is 0 Å². The van der Waals surface area contributed by atoms with Gasteiger partial charge in [-0.1, -0.05) is 12.1 Å². The molecule has 0 bridgehead atoms. The maximum atomic E-state index is 13.2. The Bertz CT molecular complexity index is 812. The maximum Gasteiger partial charge on any atom is 0.409 e. The number of H-pyrrole nitrogens is 1. The van der Waals surface area contributed by atoms with Gasteiger partial charge in [0.1, 0.15) is 11.9 Å². The second-order valence-corrected chi connectivity index (χ2v) is 5.18. The molecule has 0 aliphatic rings. The van der Waals surface area contributed by atoms with E-state index in [9.17, 15) is 27.2 Å². The lowest BCUT2D eigenvalue weighted by molar-refractivity contribution is -0.164. The molecule has 0 saturated carbocycles. The largest absolute Gasteiger partial charge is 0.409 e. The molecule has 0 unspecified atom stereocenters. The molecule has 0 aliphatic carbocycles. The molecule has 130 valence electrons. The highest BCUT2D eigenvalue weighted by molar-refractivity contribution is 5.30. The third-order valence-electron chi connectivity index (χ3n) is 3.42. The van der Waals surface area contributed by atoms with Gasteiger partial charge in [-0.2, -0.15) is 18.2 Å². The zero-order chi connectivity index (χ0) is 18.1. The van der Waals surface area contributed by atoms with Crippen LogP contribution in [0, 0.1) is 5.82 Å². The van der Waals surface area contributed by atoms with Crippen molar-refractivity contribution in [3.8, 4) is 0 Å². The number of aromatic nitrogens is 3. The number of hydrogen-bond acceptors (Lipinski definition) is 4. The first kappa shape index (κ1) is 17.7. The van der Waals surface area contributed by atoms with Gasteiger partial charge < -0.3 is 5.32 Å². The minimum absolute atomic E-state index is 0.0158. The fourth-order valence-corrected chi connectivity index (χ4v) is 2.05. The van der Waals surface area contributed by atoms with E-state index in [1.165, 1.54) is 18.2 Å². The molecule has 1 aromatic heterocycles. The van der Waals surface area contributed by atoms with Crippen LogP contribution < -0.4 is 16.7 Å². The van der Waals surface area contributed by atoms with Gasteiger partial charge in [0.05, 0.1) is 6.04 Å². The van der Waals surface area contributed by atoms with Crippen molar-refractivity contribution in [2.75, 3.05) is 5.32 Å². The van der Waals surface area contributed by atoms with Gasteiger partial charge in [0, 0.05) is 0 Å². The Morgan fingerprint density at radius 2 is 1.92 bits per heavy atom. The lowest BCUT2D eigenvalue weighted by Gasteiger charge is -2.18. The zero-order valence-electron chi connectivity index (χ0n) is 12.7. The van der Waals surface area contributed by atoms with Crippen LogP contribution in [0.5, 0.6) is 0 Å². The Kier molecular flexibility index (Phi) is 4.76. The van der Waals surface area contributed by atoms with Crippen molar-refractivity contribution in [2.24, 2.45) is 0 Å². The molecule has 2 aromatic rings. The first-order chi connectivity index (χ1) is 11.1. The van der Waals surface area contributed by atoms with E-state index in [-0.39, 0.29) is 10.5 Å². The molecule has 2 atom stereocenters. The van der Waals surface area contributed by atoms with Gasteiger partial charge in [-0.3, -0.25) is 4.98 Å². The Morgan fingerprint density at radius 1 is 1.25 bits per heavy atom. The third kappa shape index (κ3) is 3.81. The fraction of sp³-hybridized carbons (Fsp3) is 0.357. The SMILES string of the molecule is C[C@H](Nc1nc(=O)n([C@@H](C)C(F)(F)F)c(=O)[nH]1)c1cccc(F)c1. The topological polar surface area (TPSA) is 79.8 Å². The highest BCUT2D eigenvalue weighted by atomic mass is 19.4. The predicted molar refractivity (Wildman–Crippen MR) is 78.3 cm³/mol. The van der Waals surface area contributed by atoms with E-state index in [0.717, 1.165) is 0 Å². The number of nitrogens with one attached hydrogen (secondary N) is 2. The van der Waals surface area contributed by atoms with Gasteiger partial charge in [0.2, 0.25) is 5.95 Å². The molecule has 1 aromatic carbocycles. The van der Waals surface area contributed by atoms with E-state index >= 15 is 0 Å². The van der Waals surface area contributed by atoms with Crippen molar-refractivity contribution in [1.82, 2.24) is 14.5 Å². The summed E-state index contributed by atoms with van der Waals surface area (Å²) in [6.45, 7) is 2.29. The number of benzene rings is 1. The van der Waals surface area contributed by atoms with Crippen LogP contribution in [0.3, 0.4) is 0 Å². The number of nitrogens with zero attached hydrogens (tertiary/aromatic N) is 2. The van der Waals surface area contributed by atoms with Crippen molar-refractivity contribution in [3.63, 3.8) is 0 Å². The van der Waals surface area contributed by atoms with Gasteiger partial charge in [-0.25, -0.2) is 18.5 Å². The molecule has 0 aliphatic heterocycles. The highest BCUT2D eigenvalue weighted by Crippen LogP contribution is 2.27. The number of aromatic amines is 1. The summed E-state index contributed by atoms with van der Waals surface area (Å²) in [5.74, 6) is -0.774. The second-order valence-electron chi connectivity index (χ2n) is 5.18. The summed E-state index contributed by atoms with van der Waals surface area (Å²) in [6, 6.07) is 2.71. The predicted octanol–water partition coefficient (Wildman–Crippen LogP) is 2.37. The Morgan fingerprint density at radius 3 is 2.46 bits per heavy atom. The molecule has 2 N–H and O–H groups in total. The highest BCUT2D eigenvalue weighted by Gasteiger charge is 2.39. The van der Waals surface area contributed by atoms with Gasteiger partial charge in [-0.15, -0.1) is 0 Å². The molecular formula is C14H14F4N4O2. The van der Waals surface area contributed by atoms with E-state index in [1.54, 1.807) is 13.0 Å². The van der Waals surface area contributed by atoms with Crippen molar-refractivity contribution in [2.45, 2.75) is 32.1 Å². The van der Waals surface area contributed by atoms with Crippen LogP contribution in [0.25, 0.3) is 0 Å². The fourth-order valence-electron chi connectivity index (χ4n) is 2.05. The molecule has 1 heterocycles. The Labute approximate surface area is 133 Å². The summed E-state index contributed by atoms with van der Waals surface area (Å²) in [6.07, 6.45) is -4.76. The molecule has 10 heteroatoms. The van der Waals surface area contributed by atoms with Crippen LogP contribution >= 0.6 is 0 Å². The number of anilines is 1. The molecular weight excluding hydrogens is 332 g/mol. The molecule has 0 fully saturated rings. The van der Waals surface area contributed by atoms with E-state index < -0.39 is 35.5 Å². The summed E-state index contributed by atoms with van der Waals surface area (Å²) in [5.41, 5.74) is -2.07. The Hall–Kier alpha value is -2.65. The van der Waals surface area contributed by atoms with Crippen molar-refractivity contribution in [1.29, 1.82) is 0 Å². The molecule has 24 heavy (non-hydrogen) atoms. The van der Waals surface area contributed by atoms with Crippen LogP contribution in [0.1, 0.15) is 31.5 Å². The van der Waals surface area contributed by atoms with E-state index in [1.807, 2.05) is 0 Å². The second kappa shape index (κ2) is 6.46. The first-order valence-corrected chi connectivity index (χ1v) is 6.91. The minimum atomic E-state index is -4.76. The molecule has 2 rings (SSSR count). The summed E-state index contributed by atoms with van der Waals surface area (Å²) >= 11 is 0. The van der Waals surface area contributed by atoms with Gasteiger partial charge in [-0.05, 0) is 31.5 Å². The standard InChI is InChI=1S/C14H14F4N4O2/c1-7(9-4-3-5-10(15)6-9)19-11-20-12(23)22(13(24)21-11)8(2)14(16,17)18/h3-8H,1-2H3,(H2,19,20,21,23,24)/t7-,8-/m0/s1. The zero-order valence-corrected chi connectivity index (χ0v) is 12.7. The summed E-state index contributed by atoms with van der Waals surface area (Å²) in [4.78, 5) is 29.0. The van der Waals surface area contributed by atoms with Crippen LogP contribution in [-0.2, 0) is 0 Å². The van der Waals surface area contributed by atoms with Crippen LogP contribution in [-0.4, -0.2) is 20.7 Å². The monoisotopic (exact) mass is 346 g/mol. The summed E-state index contributed by atoms with van der Waals surface area (Å²) in [7, 11) is 0.